The van der Waals surface area contributed by atoms with Crippen molar-refractivity contribution >= 4 is 56.8 Å². The molecule has 1 atom stereocenters. The fourth-order valence-corrected chi connectivity index (χ4v) is 5.83. The van der Waals surface area contributed by atoms with Crippen molar-refractivity contribution < 1.29 is 9.90 Å². The Morgan fingerprint density at radius 2 is 1.95 bits per heavy atom. The molecule has 4 aromatic rings. The molecule has 3 aromatic carbocycles. The third-order valence-electron chi connectivity index (χ3n) is 6.53. The lowest BCUT2D eigenvalue weighted by Gasteiger charge is -2.29. The van der Waals surface area contributed by atoms with Gasteiger partial charge in [0.15, 0.2) is 0 Å². The van der Waals surface area contributed by atoms with Gasteiger partial charge in [-0.05, 0) is 83.2 Å². The fourth-order valence-electron chi connectivity index (χ4n) is 4.32. The first kappa shape index (κ1) is 26.3. The summed E-state index contributed by atoms with van der Waals surface area (Å²) in [7, 11) is 0. The number of phenols is 1. The Morgan fingerprint density at radius 1 is 1.16 bits per heavy atom. The predicted molar refractivity (Wildman–Crippen MR) is 156 cm³/mol. The van der Waals surface area contributed by atoms with Crippen LogP contribution in [0.4, 0.5) is 11.6 Å². The van der Waals surface area contributed by atoms with Crippen LogP contribution in [0.1, 0.15) is 35.2 Å². The highest BCUT2D eigenvalue weighted by molar-refractivity contribution is 9.10. The first-order valence-corrected chi connectivity index (χ1v) is 14.0. The number of carbonyl (C=O) groups excluding carboxylic acids is 1. The summed E-state index contributed by atoms with van der Waals surface area (Å²) < 4.78 is 2.24. The summed E-state index contributed by atoms with van der Waals surface area (Å²) in [5.74, 6) is 0.996. The molecule has 1 unspecified atom stereocenters. The van der Waals surface area contributed by atoms with Crippen LogP contribution in [0.5, 0.6) is 5.75 Å². The lowest BCUT2D eigenvalue weighted by atomic mass is 9.94. The van der Waals surface area contributed by atoms with Gasteiger partial charge in [0.25, 0.3) is 5.91 Å². The summed E-state index contributed by atoms with van der Waals surface area (Å²) in [5, 5.41) is 22.5. The Morgan fingerprint density at radius 3 is 2.71 bits per heavy atom. The summed E-state index contributed by atoms with van der Waals surface area (Å²) in [5.41, 5.74) is 5.78. The fraction of sp³-hybridized carbons (Fsp3) is 0.179. The normalized spacial score (nSPS) is 14.7. The van der Waals surface area contributed by atoms with Crippen LogP contribution in [-0.4, -0.2) is 25.8 Å². The summed E-state index contributed by atoms with van der Waals surface area (Å²) in [4.78, 5) is 18.5. The molecule has 7 nitrogen and oxygen atoms in total. The topological polar surface area (TPSA) is 92.1 Å². The van der Waals surface area contributed by atoms with E-state index < -0.39 is 6.04 Å². The van der Waals surface area contributed by atoms with E-state index in [0.29, 0.717) is 37.6 Å². The average molecular weight is 611 g/mol. The zero-order valence-electron chi connectivity index (χ0n) is 20.9. The van der Waals surface area contributed by atoms with Crippen LogP contribution in [0, 0.1) is 13.8 Å². The van der Waals surface area contributed by atoms with Crippen LogP contribution in [0.15, 0.2) is 81.6 Å². The molecule has 0 fully saturated rings. The standard InChI is InChI=1S/C28H25BrClN5O2S/c1-15-7-6-10-22(16(15)2)32-26(37)24-17(3)31-27-33-28(38-14-19-8-4-5-9-21(19)30)34-35(27)25(24)18-11-12-23(36)20(29)13-18/h4-13,25,36H,14H2,1-3H3,(H,32,37)(H,31,33,34). The Balaban J connectivity index is 1.53. The zero-order chi connectivity index (χ0) is 27.0. The Kier molecular flexibility index (Phi) is 7.52. The van der Waals surface area contributed by atoms with Gasteiger partial charge < -0.3 is 15.7 Å². The van der Waals surface area contributed by atoms with E-state index in [1.54, 1.807) is 22.9 Å². The van der Waals surface area contributed by atoms with E-state index in [2.05, 4.69) is 26.6 Å². The van der Waals surface area contributed by atoms with Crippen molar-refractivity contribution in [1.82, 2.24) is 14.8 Å². The number of allylic oxidation sites excluding steroid dienone is 1. The number of thioether (sulfide) groups is 1. The predicted octanol–water partition coefficient (Wildman–Crippen LogP) is 7.24. The van der Waals surface area contributed by atoms with Gasteiger partial charge in [0.2, 0.25) is 11.1 Å². The molecule has 1 aliphatic heterocycles. The van der Waals surface area contributed by atoms with Crippen LogP contribution in [0.25, 0.3) is 0 Å². The quantitative estimate of drug-likeness (QED) is 0.199. The number of benzene rings is 3. The average Bonchev–Trinajstić information content (AvgIpc) is 3.29. The number of aromatic hydroxyl groups is 1. The molecular weight excluding hydrogens is 586 g/mol. The van der Waals surface area contributed by atoms with E-state index >= 15 is 0 Å². The van der Waals surface area contributed by atoms with E-state index in [0.717, 1.165) is 27.9 Å². The largest absolute Gasteiger partial charge is 0.507 e. The minimum absolute atomic E-state index is 0.111. The monoisotopic (exact) mass is 609 g/mol. The number of halogens is 2. The molecule has 0 aliphatic carbocycles. The van der Waals surface area contributed by atoms with Crippen LogP contribution in [-0.2, 0) is 10.5 Å². The lowest BCUT2D eigenvalue weighted by molar-refractivity contribution is -0.113. The summed E-state index contributed by atoms with van der Waals surface area (Å²) in [6.07, 6.45) is 0. The molecule has 10 heteroatoms. The first-order valence-electron chi connectivity index (χ1n) is 11.9. The van der Waals surface area contributed by atoms with Gasteiger partial charge in [-0.3, -0.25) is 4.79 Å². The number of fused-ring (bicyclic) bond motifs is 1. The first-order chi connectivity index (χ1) is 18.2. The second-order valence-corrected chi connectivity index (χ2v) is 11.2. The highest BCUT2D eigenvalue weighted by atomic mass is 79.9. The number of hydrogen-bond acceptors (Lipinski definition) is 6. The van der Waals surface area contributed by atoms with Crippen LogP contribution in [0.3, 0.4) is 0 Å². The van der Waals surface area contributed by atoms with Crippen molar-refractivity contribution in [2.75, 3.05) is 10.6 Å². The maximum absolute atomic E-state index is 13.8. The number of aryl methyl sites for hydroxylation is 1. The maximum Gasteiger partial charge on any atom is 0.255 e. The molecule has 5 rings (SSSR count). The van der Waals surface area contributed by atoms with Gasteiger partial charge in [-0.1, -0.05) is 59.8 Å². The van der Waals surface area contributed by atoms with Gasteiger partial charge in [-0.15, -0.1) is 5.10 Å². The van der Waals surface area contributed by atoms with E-state index in [-0.39, 0.29) is 11.7 Å². The van der Waals surface area contributed by atoms with Crippen molar-refractivity contribution in [3.63, 3.8) is 0 Å². The molecule has 1 aliphatic rings. The van der Waals surface area contributed by atoms with Crippen molar-refractivity contribution in [3.8, 4) is 5.75 Å². The summed E-state index contributed by atoms with van der Waals surface area (Å²) in [6, 6.07) is 18.1. The lowest BCUT2D eigenvalue weighted by Crippen LogP contribution is -2.31. The summed E-state index contributed by atoms with van der Waals surface area (Å²) >= 11 is 11.2. The number of hydrogen-bond donors (Lipinski definition) is 3. The number of nitrogens with zero attached hydrogens (tertiary/aromatic N) is 3. The molecular formula is C28H25BrClN5O2S. The Hall–Kier alpha value is -3.27. The number of phenolic OH excluding ortho intramolecular Hbond substituents is 1. The third kappa shape index (κ3) is 5.18. The Labute approximate surface area is 238 Å². The van der Waals surface area contributed by atoms with Gasteiger partial charge in [-0.2, -0.15) is 4.98 Å². The number of rotatable bonds is 6. The van der Waals surface area contributed by atoms with Gasteiger partial charge >= 0.3 is 0 Å². The number of aromatic nitrogens is 3. The Bertz CT molecular complexity index is 1590. The highest BCUT2D eigenvalue weighted by Crippen LogP contribution is 2.39. The van der Waals surface area contributed by atoms with E-state index in [1.807, 2.05) is 63.2 Å². The molecule has 0 saturated carbocycles. The van der Waals surface area contributed by atoms with Gasteiger partial charge in [-0.25, -0.2) is 4.68 Å². The third-order valence-corrected chi connectivity index (χ3v) is 8.42. The van der Waals surface area contributed by atoms with Crippen molar-refractivity contribution in [1.29, 1.82) is 0 Å². The molecule has 0 saturated heterocycles. The van der Waals surface area contributed by atoms with Crippen LogP contribution in [0.2, 0.25) is 5.02 Å². The number of nitrogens with one attached hydrogen (secondary N) is 2. The zero-order valence-corrected chi connectivity index (χ0v) is 24.1. The molecule has 3 N–H and O–H groups in total. The minimum atomic E-state index is -0.574. The smallest absolute Gasteiger partial charge is 0.255 e. The van der Waals surface area contributed by atoms with E-state index in [9.17, 15) is 9.90 Å². The highest BCUT2D eigenvalue weighted by Gasteiger charge is 2.35. The second kappa shape index (κ2) is 10.8. The molecule has 1 aromatic heterocycles. The van der Waals surface area contributed by atoms with E-state index in [4.69, 9.17) is 21.7 Å². The van der Waals surface area contributed by atoms with Gasteiger partial charge in [0.05, 0.1) is 10.0 Å². The molecule has 0 bridgehead atoms. The van der Waals surface area contributed by atoms with Crippen molar-refractivity contribution in [3.05, 3.63) is 104 Å². The molecule has 1 amide bonds. The van der Waals surface area contributed by atoms with Crippen LogP contribution < -0.4 is 10.6 Å². The molecule has 2 heterocycles. The molecule has 194 valence electrons. The molecule has 0 radical (unpaired) electrons. The molecule has 38 heavy (non-hydrogen) atoms. The van der Waals surface area contributed by atoms with Crippen molar-refractivity contribution in [2.45, 2.75) is 37.7 Å². The SMILES string of the molecule is CC1=C(C(=O)Nc2cccc(C)c2C)C(c2ccc(O)c(Br)c2)n2nc(SCc3ccccc3Cl)nc2N1. The van der Waals surface area contributed by atoms with Gasteiger partial charge in [0.1, 0.15) is 11.8 Å². The minimum Gasteiger partial charge on any atom is -0.507 e. The van der Waals surface area contributed by atoms with Gasteiger partial charge in [0, 0.05) is 22.2 Å². The maximum atomic E-state index is 13.8. The number of anilines is 2. The molecule has 0 spiro atoms. The van der Waals surface area contributed by atoms with Crippen LogP contribution >= 0.6 is 39.3 Å². The number of carbonyl (C=O) groups is 1. The van der Waals surface area contributed by atoms with Crippen molar-refractivity contribution in [2.24, 2.45) is 0 Å². The summed E-state index contributed by atoms with van der Waals surface area (Å²) in [6.45, 7) is 5.85. The second-order valence-electron chi connectivity index (χ2n) is 9.02. The van der Waals surface area contributed by atoms with E-state index in [1.165, 1.54) is 11.8 Å². The number of amides is 1.